The van der Waals surface area contributed by atoms with E-state index in [2.05, 4.69) is 9.72 Å². The van der Waals surface area contributed by atoms with Gasteiger partial charge in [-0.2, -0.15) is 0 Å². The molecular formula is C10H14N2O2. The molecule has 0 aliphatic heterocycles. The molecule has 0 fully saturated rings. The molecule has 14 heavy (non-hydrogen) atoms. The number of nitrogens with two attached hydrogens (primary N) is 1. The molecule has 2 N–H and O–H groups in total. The second-order valence-electron chi connectivity index (χ2n) is 3.08. The van der Waals surface area contributed by atoms with Crippen LogP contribution in [0.1, 0.15) is 17.7 Å². The number of hydrogen-bond acceptors (Lipinski definition) is 4. The maximum atomic E-state index is 10.9. The second kappa shape index (κ2) is 4.60. The fourth-order valence-electron chi connectivity index (χ4n) is 1.16. The van der Waals surface area contributed by atoms with Gasteiger partial charge in [0.05, 0.1) is 13.5 Å². The van der Waals surface area contributed by atoms with Crippen LogP contribution in [0.4, 0.5) is 5.82 Å². The van der Waals surface area contributed by atoms with Crippen LogP contribution in [0.2, 0.25) is 0 Å². The summed E-state index contributed by atoms with van der Waals surface area (Å²) >= 11 is 0. The molecule has 76 valence electrons. The number of carbonyl (C=O) groups excluding carboxylic acids is 1. The summed E-state index contributed by atoms with van der Waals surface area (Å²) < 4.78 is 4.54. The van der Waals surface area contributed by atoms with Crippen LogP contribution < -0.4 is 5.73 Å². The quantitative estimate of drug-likeness (QED) is 0.731. The molecule has 0 radical (unpaired) electrons. The zero-order valence-electron chi connectivity index (χ0n) is 8.41. The average molecular weight is 194 g/mol. The first-order valence-corrected chi connectivity index (χ1v) is 4.42. The van der Waals surface area contributed by atoms with Crippen molar-refractivity contribution in [2.75, 3.05) is 12.8 Å². The highest BCUT2D eigenvalue weighted by molar-refractivity contribution is 5.69. The molecule has 0 aliphatic rings. The van der Waals surface area contributed by atoms with Gasteiger partial charge in [0, 0.05) is 12.1 Å². The van der Waals surface area contributed by atoms with Gasteiger partial charge in [0.25, 0.3) is 0 Å². The normalized spacial score (nSPS) is 9.86. The number of rotatable bonds is 3. The maximum Gasteiger partial charge on any atom is 0.305 e. The van der Waals surface area contributed by atoms with Crippen molar-refractivity contribution in [1.82, 2.24) is 4.98 Å². The Kier molecular flexibility index (Phi) is 3.45. The van der Waals surface area contributed by atoms with Crippen LogP contribution in [0.5, 0.6) is 0 Å². The van der Waals surface area contributed by atoms with Gasteiger partial charge in [0.2, 0.25) is 0 Å². The first kappa shape index (κ1) is 10.5. The van der Waals surface area contributed by atoms with Crippen LogP contribution in [-0.4, -0.2) is 18.1 Å². The summed E-state index contributed by atoms with van der Waals surface area (Å²) in [5.41, 5.74) is 7.44. The first-order chi connectivity index (χ1) is 6.63. The van der Waals surface area contributed by atoms with Crippen LogP contribution in [0, 0.1) is 6.92 Å². The fourth-order valence-corrected chi connectivity index (χ4v) is 1.16. The smallest absolute Gasteiger partial charge is 0.305 e. The zero-order valence-corrected chi connectivity index (χ0v) is 8.41. The lowest BCUT2D eigenvalue weighted by Crippen LogP contribution is -2.05. The third-order valence-electron chi connectivity index (χ3n) is 2.02. The number of aromatic nitrogens is 1. The Morgan fingerprint density at radius 3 is 2.93 bits per heavy atom. The molecule has 1 rings (SSSR count). The van der Waals surface area contributed by atoms with Crippen LogP contribution >= 0.6 is 0 Å². The third-order valence-corrected chi connectivity index (χ3v) is 2.02. The van der Waals surface area contributed by atoms with Crippen molar-refractivity contribution in [3.8, 4) is 0 Å². The lowest BCUT2D eigenvalue weighted by Gasteiger charge is -2.04. The van der Waals surface area contributed by atoms with Crippen molar-refractivity contribution in [1.29, 1.82) is 0 Å². The Morgan fingerprint density at radius 1 is 1.57 bits per heavy atom. The molecule has 0 spiro atoms. The van der Waals surface area contributed by atoms with Crippen LogP contribution in [-0.2, 0) is 16.0 Å². The molecule has 1 aromatic heterocycles. The SMILES string of the molecule is COC(=O)CCc1nc(N)ccc1C. The van der Waals surface area contributed by atoms with E-state index in [9.17, 15) is 4.79 Å². The fraction of sp³-hybridized carbons (Fsp3) is 0.400. The van der Waals surface area contributed by atoms with Gasteiger partial charge in [-0.3, -0.25) is 4.79 Å². The largest absolute Gasteiger partial charge is 0.469 e. The van der Waals surface area contributed by atoms with Crippen molar-refractivity contribution >= 4 is 11.8 Å². The standard InChI is InChI=1S/C10H14N2O2/c1-7-3-5-9(11)12-8(7)4-6-10(13)14-2/h3,5H,4,6H2,1-2H3,(H2,11,12). The number of aryl methyl sites for hydroxylation is 2. The van der Waals surface area contributed by atoms with Crippen LogP contribution in [0.25, 0.3) is 0 Å². The van der Waals surface area contributed by atoms with E-state index in [1.165, 1.54) is 7.11 Å². The van der Waals surface area contributed by atoms with E-state index in [1.807, 2.05) is 13.0 Å². The minimum Gasteiger partial charge on any atom is -0.469 e. The summed E-state index contributed by atoms with van der Waals surface area (Å²) in [6, 6.07) is 3.64. The van der Waals surface area contributed by atoms with Crippen molar-refractivity contribution < 1.29 is 9.53 Å². The van der Waals surface area contributed by atoms with E-state index >= 15 is 0 Å². The van der Waals surface area contributed by atoms with Crippen molar-refractivity contribution in [2.24, 2.45) is 0 Å². The van der Waals surface area contributed by atoms with E-state index in [1.54, 1.807) is 6.07 Å². The van der Waals surface area contributed by atoms with Gasteiger partial charge in [-0.05, 0) is 18.6 Å². The summed E-state index contributed by atoms with van der Waals surface area (Å²) in [6.07, 6.45) is 0.914. The van der Waals surface area contributed by atoms with E-state index in [-0.39, 0.29) is 5.97 Å². The highest BCUT2D eigenvalue weighted by Gasteiger charge is 2.05. The lowest BCUT2D eigenvalue weighted by molar-refractivity contribution is -0.140. The van der Waals surface area contributed by atoms with Gasteiger partial charge in [0.1, 0.15) is 5.82 Å². The second-order valence-corrected chi connectivity index (χ2v) is 3.08. The Morgan fingerprint density at radius 2 is 2.29 bits per heavy atom. The number of methoxy groups -OCH3 is 1. The first-order valence-electron chi connectivity index (χ1n) is 4.42. The number of pyridine rings is 1. The molecule has 4 heteroatoms. The number of nitrogens with zero attached hydrogens (tertiary/aromatic N) is 1. The van der Waals surface area contributed by atoms with Crippen molar-refractivity contribution in [3.63, 3.8) is 0 Å². The molecule has 4 nitrogen and oxygen atoms in total. The Bertz CT molecular complexity index is 337. The van der Waals surface area contributed by atoms with Crippen LogP contribution in [0.3, 0.4) is 0 Å². The topological polar surface area (TPSA) is 65.2 Å². The number of carbonyl (C=O) groups is 1. The van der Waals surface area contributed by atoms with Gasteiger partial charge in [0.15, 0.2) is 0 Å². The monoisotopic (exact) mass is 194 g/mol. The number of ether oxygens (including phenoxy) is 1. The molecule has 1 heterocycles. The Hall–Kier alpha value is -1.58. The van der Waals surface area contributed by atoms with Gasteiger partial charge in [-0.25, -0.2) is 4.98 Å². The van der Waals surface area contributed by atoms with Crippen LogP contribution in [0.15, 0.2) is 12.1 Å². The molecule has 0 unspecified atom stereocenters. The Labute approximate surface area is 83.1 Å². The maximum absolute atomic E-state index is 10.9. The van der Waals surface area contributed by atoms with Gasteiger partial charge >= 0.3 is 5.97 Å². The zero-order chi connectivity index (χ0) is 10.6. The summed E-state index contributed by atoms with van der Waals surface area (Å²) in [5, 5.41) is 0. The molecule has 1 aromatic rings. The number of hydrogen-bond donors (Lipinski definition) is 1. The summed E-state index contributed by atoms with van der Waals surface area (Å²) in [6.45, 7) is 1.94. The Balaban J connectivity index is 2.66. The average Bonchev–Trinajstić information content (AvgIpc) is 2.19. The van der Waals surface area contributed by atoms with E-state index in [0.29, 0.717) is 18.7 Å². The molecule has 0 aliphatic carbocycles. The predicted molar refractivity (Wildman–Crippen MR) is 53.7 cm³/mol. The van der Waals surface area contributed by atoms with E-state index in [0.717, 1.165) is 11.3 Å². The van der Waals surface area contributed by atoms with Crippen molar-refractivity contribution in [2.45, 2.75) is 19.8 Å². The molecule has 0 saturated carbocycles. The molecule has 0 saturated heterocycles. The molecule has 0 amide bonds. The molecule has 0 aromatic carbocycles. The molecule has 0 atom stereocenters. The van der Waals surface area contributed by atoms with E-state index < -0.39 is 0 Å². The molecule has 0 bridgehead atoms. The summed E-state index contributed by atoms with van der Waals surface area (Å²) in [4.78, 5) is 15.0. The highest BCUT2D eigenvalue weighted by atomic mass is 16.5. The molecular weight excluding hydrogens is 180 g/mol. The lowest BCUT2D eigenvalue weighted by atomic mass is 10.1. The van der Waals surface area contributed by atoms with Gasteiger partial charge < -0.3 is 10.5 Å². The predicted octanol–water partition coefficient (Wildman–Crippen LogP) is 1.08. The van der Waals surface area contributed by atoms with Crippen molar-refractivity contribution in [3.05, 3.63) is 23.4 Å². The summed E-state index contributed by atoms with van der Waals surface area (Å²) in [5.74, 6) is 0.254. The van der Waals surface area contributed by atoms with Gasteiger partial charge in [-0.1, -0.05) is 6.07 Å². The van der Waals surface area contributed by atoms with Gasteiger partial charge in [-0.15, -0.1) is 0 Å². The highest BCUT2D eigenvalue weighted by Crippen LogP contribution is 2.10. The van der Waals surface area contributed by atoms with E-state index in [4.69, 9.17) is 5.73 Å². The minimum atomic E-state index is -0.228. The number of anilines is 1. The minimum absolute atomic E-state index is 0.228. The summed E-state index contributed by atoms with van der Waals surface area (Å²) in [7, 11) is 1.38. The third kappa shape index (κ3) is 2.73. The number of esters is 1. The number of nitrogen functional groups attached to an aromatic ring is 1.